The smallest absolute Gasteiger partial charge is 0.140 e. The number of nitrogens with zero attached hydrogens (tertiary/aromatic N) is 3. The van der Waals surface area contributed by atoms with Crippen LogP contribution in [-0.4, -0.2) is 21.3 Å². The van der Waals surface area contributed by atoms with Gasteiger partial charge in [0.05, 0.1) is 6.54 Å². The van der Waals surface area contributed by atoms with Crippen molar-refractivity contribution in [1.29, 1.82) is 0 Å². The first-order chi connectivity index (χ1) is 8.24. The molecule has 0 aliphatic rings. The Morgan fingerprint density at radius 3 is 2.82 bits per heavy atom. The van der Waals surface area contributed by atoms with E-state index >= 15 is 0 Å². The molecule has 0 aliphatic carbocycles. The summed E-state index contributed by atoms with van der Waals surface area (Å²) in [5, 5.41) is 7.69. The quantitative estimate of drug-likeness (QED) is 0.672. The molecule has 0 bridgehead atoms. The maximum atomic E-state index is 4.29. The van der Waals surface area contributed by atoms with Crippen molar-refractivity contribution in [3.8, 4) is 0 Å². The first kappa shape index (κ1) is 14.2. The van der Waals surface area contributed by atoms with Crippen molar-refractivity contribution in [2.45, 2.75) is 59.5 Å². The Hall–Kier alpha value is -0.900. The van der Waals surface area contributed by atoms with E-state index in [1.807, 2.05) is 4.68 Å². The molecule has 98 valence electrons. The Kier molecular flexibility index (Phi) is 6.86. The van der Waals surface area contributed by atoms with Gasteiger partial charge < -0.3 is 5.32 Å². The van der Waals surface area contributed by atoms with Gasteiger partial charge in [0.1, 0.15) is 12.2 Å². The third-order valence-corrected chi connectivity index (χ3v) is 2.72. The molecule has 0 fully saturated rings. The lowest BCUT2D eigenvalue weighted by molar-refractivity contribution is 0.456. The van der Waals surface area contributed by atoms with Crippen LogP contribution in [0.5, 0.6) is 0 Å². The Balaban J connectivity index is 2.20. The summed E-state index contributed by atoms with van der Waals surface area (Å²) >= 11 is 0. The van der Waals surface area contributed by atoms with Crippen molar-refractivity contribution >= 4 is 0 Å². The van der Waals surface area contributed by atoms with Crippen LogP contribution in [0.3, 0.4) is 0 Å². The van der Waals surface area contributed by atoms with Crippen molar-refractivity contribution in [1.82, 2.24) is 20.1 Å². The molecule has 0 aliphatic heterocycles. The molecular weight excluding hydrogens is 212 g/mol. The largest absolute Gasteiger partial charge is 0.310 e. The molecule has 17 heavy (non-hydrogen) atoms. The molecule has 1 aromatic rings. The van der Waals surface area contributed by atoms with Gasteiger partial charge in [-0.3, -0.25) is 0 Å². The maximum absolute atomic E-state index is 4.29. The minimum atomic E-state index is 0.611. The highest BCUT2D eigenvalue weighted by molar-refractivity contribution is 4.83. The van der Waals surface area contributed by atoms with Gasteiger partial charge >= 0.3 is 0 Å². The van der Waals surface area contributed by atoms with Crippen LogP contribution in [0.2, 0.25) is 0 Å². The van der Waals surface area contributed by atoms with Crippen LogP contribution >= 0.6 is 0 Å². The van der Waals surface area contributed by atoms with Gasteiger partial charge in [-0.1, -0.05) is 40.0 Å². The van der Waals surface area contributed by atoms with Crippen LogP contribution in [0.1, 0.15) is 52.3 Å². The summed E-state index contributed by atoms with van der Waals surface area (Å²) in [6.07, 6.45) is 6.86. The Bertz CT molecular complexity index is 293. The van der Waals surface area contributed by atoms with Crippen LogP contribution in [-0.2, 0) is 13.1 Å². The summed E-state index contributed by atoms with van der Waals surface area (Å²) in [4.78, 5) is 4.29. The molecule has 0 saturated heterocycles. The van der Waals surface area contributed by atoms with Crippen LogP contribution in [0, 0.1) is 5.92 Å². The SMILES string of the molecule is CCCCCCNCc1ncnn1CC(C)C. The van der Waals surface area contributed by atoms with Gasteiger partial charge in [0, 0.05) is 6.54 Å². The van der Waals surface area contributed by atoms with Gasteiger partial charge in [0.25, 0.3) is 0 Å². The molecule has 1 heterocycles. The molecule has 1 N–H and O–H groups in total. The zero-order chi connectivity index (χ0) is 12.5. The number of hydrogen-bond acceptors (Lipinski definition) is 3. The molecule has 4 nitrogen and oxygen atoms in total. The molecule has 1 rings (SSSR count). The van der Waals surface area contributed by atoms with Crippen molar-refractivity contribution in [2.24, 2.45) is 5.92 Å². The maximum Gasteiger partial charge on any atom is 0.140 e. The summed E-state index contributed by atoms with van der Waals surface area (Å²) < 4.78 is 2.00. The summed E-state index contributed by atoms with van der Waals surface area (Å²) in [6.45, 7) is 9.50. The van der Waals surface area contributed by atoms with Gasteiger partial charge in [-0.2, -0.15) is 5.10 Å². The highest BCUT2D eigenvalue weighted by Crippen LogP contribution is 2.01. The van der Waals surface area contributed by atoms with E-state index in [-0.39, 0.29) is 0 Å². The fourth-order valence-corrected chi connectivity index (χ4v) is 1.80. The van der Waals surface area contributed by atoms with Gasteiger partial charge in [0.15, 0.2) is 0 Å². The zero-order valence-corrected chi connectivity index (χ0v) is 11.4. The van der Waals surface area contributed by atoms with E-state index in [1.165, 1.54) is 25.7 Å². The molecule has 0 aromatic carbocycles. The monoisotopic (exact) mass is 238 g/mol. The molecule has 0 amide bonds. The molecule has 0 radical (unpaired) electrons. The molecule has 0 spiro atoms. The zero-order valence-electron chi connectivity index (χ0n) is 11.4. The van der Waals surface area contributed by atoms with Crippen molar-refractivity contribution in [2.75, 3.05) is 6.54 Å². The third-order valence-electron chi connectivity index (χ3n) is 2.72. The minimum absolute atomic E-state index is 0.611. The minimum Gasteiger partial charge on any atom is -0.310 e. The summed E-state index contributed by atoms with van der Waals surface area (Å²) in [5.74, 6) is 1.66. The predicted octanol–water partition coefficient (Wildman–Crippen LogP) is 2.60. The van der Waals surface area contributed by atoms with Crippen LogP contribution in [0.25, 0.3) is 0 Å². The lowest BCUT2D eigenvalue weighted by atomic mass is 10.2. The number of aromatic nitrogens is 3. The molecule has 0 unspecified atom stereocenters. The van der Waals surface area contributed by atoms with Crippen molar-refractivity contribution in [3.05, 3.63) is 12.2 Å². The molecule has 1 aromatic heterocycles. The van der Waals surface area contributed by atoms with Crippen LogP contribution in [0.4, 0.5) is 0 Å². The highest BCUT2D eigenvalue weighted by Gasteiger charge is 2.05. The second kappa shape index (κ2) is 8.23. The predicted molar refractivity (Wildman–Crippen MR) is 70.7 cm³/mol. The fourth-order valence-electron chi connectivity index (χ4n) is 1.80. The lowest BCUT2D eigenvalue weighted by Gasteiger charge is -2.09. The lowest BCUT2D eigenvalue weighted by Crippen LogP contribution is -2.19. The van der Waals surface area contributed by atoms with Crippen LogP contribution < -0.4 is 5.32 Å². The number of nitrogens with one attached hydrogen (secondary N) is 1. The van der Waals surface area contributed by atoms with Gasteiger partial charge in [0.2, 0.25) is 0 Å². The van der Waals surface area contributed by atoms with E-state index in [9.17, 15) is 0 Å². The second-order valence-corrected chi connectivity index (χ2v) is 4.99. The average Bonchev–Trinajstić information content (AvgIpc) is 2.70. The standard InChI is InChI=1S/C13H26N4/c1-4-5-6-7-8-14-9-13-15-11-16-17(13)10-12(2)3/h11-12,14H,4-10H2,1-3H3. The number of unbranched alkanes of at least 4 members (excludes halogenated alkanes) is 3. The average molecular weight is 238 g/mol. The first-order valence-electron chi connectivity index (χ1n) is 6.81. The fraction of sp³-hybridized carbons (Fsp3) is 0.846. The van der Waals surface area contributed by atoms with E-state index in [0.717, 1.165) is 25.5 Å². The third kappa shape index (κ3) is 5.82. The Morgan fingerprint density at radius 2 is 2.12 bits per heavy atom. The molecule has 0 saturated carbocycles. The van der Waals surface area contributed by atoms with E-state index < -0.39 is 0 Å². The summed E-state index contributed by atoms with van der Waals surface area (Å²) in [5.41, 5.74) is 0. The molecule has 0 atom stereocenters. The normalized spacial score (nSPS) is 11.3. The molecular formula is C13H26N4. The summed E-state index contributed by atoms with van der Waals surface area (Å²) in [7, 11) is 0. The van der Waals surface area contributed by atoms with Crippen LogP contribution in [0.15, 0.2) is 6.33 Å². The van der Waals surface area contributed by atoms with Gasteiger partial charge in [-0.25, -0.2) is 9.67 Å². The van der Waals surface area contributed by atoms with E-state index in [0.29, 0.717) is 5.92 Å². The second-order valence-electron chi connectivity index (χ2n) is 4.99. The number of hydrogen-bond donors (Lipinski definition) is 1. The van der Waals surface area contributed by atoms with Crippen molar-refractivity contribution in [3.63, 3.8) is 0 Å². The van der Waals surface area contributed by atoms with Gasteiger partial charge in [-0.05, 0) is 18.9 Å². The Morgan fingerprint density at radius 1 is 1.29 bits per heavy atom. The first-order valence-corrected chi connectivity index (χ1v) is 6.81. The topological polar surface area (TPSA) is 42.7 Å². The Labute approximate surface area is 105 Å². The number of rotatable bonds is 9. The summed E-state index contributed by atoms with van der Waals surface area (Å²) in [6, 6.07) is 0. The molecule has 4 heteroatoms. The highest BCUT2D eigenvalue weighted by atomic mass is 15.3. The van der Waals surface area contributed by atoms with E-state index in [4.69, 9.17) is 0 Å². The van der Waals surface area contributed by atoms with Crippen molar-refractivity contribution < 1.29 is 0 Å². The van der Waals surface area contributed by atoms with E-state index in [1.54, 1.807) is 6.33 Å². The van der Waals surface area contributed by atoms with Gasteiger partial charge in [-0.15, -0.1) is 0 Å². The van der Waals surface area contributed by atoms with E-state index in [2.05, 4.69) is 36.2 Å².